The smallest absolute Gasteiger partial charge is 0.0772 e. The number of nitrogens with zero attached hydrogens (tertiary/aromatic N) is 1. The standard InChI is InChI=1S/C17H19BrClNO/c1-11(13-4-6-14(19)7-5-13)20(3)15-8-9-16(12(2)21)17(18)10-15/h4-12,21H,1-3H3/t11?,12-/m1/s1. The number of halogens is 2. The van der Waals surface area contributed by atoms with Crippen LogP contribution in [0.15, 0.2) is 46.9 Å². The predicted octanol–water partition coefficient (Wildman–Crippen LogP) is 5.35. The van der Waals surface area contributed by atoms with Gasteiger partial charge in [-0.1, -0.05) is 45.7 Å². The van der Waals surface area contributed by atoms with E-state index in [1.807, 2.05) is 42.5 Å². The molecule has 2 aromatic carbocycles. The quantitative estimate of drug-likeness (QED) is 0.786. The summed E-state index contributed by atoms with van der Waals surface area (Å²) in [6.45, 7) is 3.92. The summed E-state index contributed by atoms with van der Waals surface area (Å²) in [4.78, 5) is 2.19. The van der Waals surface area contributed by atoms with E-state index in [-0.39, 0.29) is 6.04 Å². The van der Waals surface area contributed by atoms with Crippen LogP contribution in [-0.4, -0.2) is 12.2 Å². The Labute approximate surface area is 139 Å². The van der Waals surface area contributed by atoms with Crippen molar-refractivity contribution in [2.24, 2.45) is 0 Å². The molecule has 0 bridgehead atoms. The first-order valence-corrected chi connectivity index (χ1v) is 8.03. The predicted molar refractivity (Wildman–Crippen MR) is 93.0 cm³/mol. The Bertz CT molecular complexity index is 613. The third kappa shape index (κ3) is 3.79. The summed E-state index contributed by atoms with van der Waals surface area (Å²) in [5.41, 5.74) is 3.19. The van der Waals surface area contributed by atoms with Gasteiger partial charge in [0.05, 0.1) is 12.1 Å². The third-order valence-corrected chi connectivity index (χ3v) is 4.71. The van der Waals surface area contributed by atoms with E-state index in [1.165, 1.54) is 5.56 Å². The van der Waals surface area contributed by atoms with E-state index in [0.29, 0.717) is 0 Å². The fourth-order valence-electron chi connectivity index (χ4n) is 2.26. The molecule has 4 heteroatoms. The topological polar surface area (TPSA) is 23.5 Å². The molecule has 0 aliphatic carbocycles. The van der Waals surface area contributed by atoms with Gasteiger partial charge in [0.1, 0.15) is 0 Å². The highest BCUT2D eigenvalue weighted by molar-refractivity contribution is 9.10. The minimum absolute atomic E-state index is 0.228. The number of anilines is 1. The monoisotopic (exact) mass is 367 g/mol. The molecule has 112 valence electrons. The number of rotatable bonds is 4. The molecule has 0 aliphatic heterocycles. The van der Waals surface area contributed by atoms with Crippen molar-refractivity contribution in [3.8, 4) is 0 Å². The highest BCUT2D eigenvalue weighted by Gasteiger charge is 2.14. The average Bonchev–Trinajstić information content (AvgIpc) is 2.46. The fourth-order valence-corrected chi connectivity index (χ4v) is 3.09. The maximum Gasteiger partial charge on any atom is 0.0772 e. The van der Waals surface area contributed by atoms with Crippen molar-refractivity contribution in [1.82, 2.24) is 0 Å². The molecule has 1 unspecified atom stereocenters. The molecule has 21 heavy (non-hydrogen) atoms. The second-order valence-corrected chi connectivity index (χ2v) is 6.51. The zero-order valence-corrected chi connectivity index (χ0v) is 14.7. The fraction of sp³-hybridized carbons (Fsp3) is 0.294. The Morgan fingerprint density at radius 2 is 1.71 bits per heavy atom. The SMILES string of the molecule is CC(c1ccc(Cl)cc1)N(C)c1ccc([C@@H](C)O)c(Br)c1. The zero-order chi connectivity index (χ0) is 15.6. The summed E-state index contributed by atoms with van der Waals surface area (Å²) in [7, 11) is 2.06. The first-order chi connectivity index (χ1) is 9.90. The van der Waals surface area contributed by atoms with E-state index in [0.717, 1.165) is 20.7 Å². The van der Waals surface area contributed by atoms with E-state index >= 15 is 0 Å². The van der Waals surface area contributed by atoms with Crippen molar-refractivity contribution in [3.63, 3.8) is 0 Å². The minimum atomic E-state index is -0.479. The van der Waals surface area contributed by atoms with Gasteiger partial charge >= 0.3 is 0 Å². The highest BCUT2D eigenvalue weighted by atomic mass is 79.9. The third-order valence-electron chi connectivity index (χ3n) is 3.77. The lowest BCUT2D eigenvalue weighted by Gasteiger charge is -2.28. The Balaban J connectivity index is 2.25. The largest absolute Gasteiger partial charge is 0.389 e. The molecule has 0 saturated heterocycles. The van der Waals surface area contributed by atoms with Crippen molar-refractivity contribution in [3.05, 3.63) is 63.1 Å². The summed E-state index contributed by atoms with van der Waals surface area (Å²) in [5, 5.41) is 10.4. The highest BCUT2D eigenvalue weighted by Crippen LogP contribution is 2.31. The maximum atomic E-state index is 9.69. The van der Waals surface area contributed by atoms with Gasteiger partial charge in [-0.2, -0.15) is 0 Å². The Kier molecular flexibility index (Phi) is 5.31. The minimum Gasteiger partial charge on any atom is -0.389 e. The van der Waals surface area contributed by atoms with E-state index in [1.54, 1.807) is 6.92 Å². The summed E-state index contributed by atoms with van der Waals surface area (Å²) in [5.74, 6) is 0. The van der Waals surface area contributed by atoms with Crippen LogP contribution >= 0.6 is 27.5 Å². The zero-order valence-electron chi connectivity index (χ0n) is 12.3. The van der Waals surface area contributed by atoms with E-state index in [9.17, 15) is 5.11 Å². The van der Waals surface area contributed by atoms with Gasteiger partial charge in [-0.25, -0.2) is 0 Å². The molecule has 1 N–H and O–H groups in total. The van der Waals surface area contributed by atoms with Crippen LogP contribution in [0.5, 0.6) is 0 Å². The van der Waals surface area contributed by atoms with Crippen LogP contribution in [0.3, 0.4) is 0 Å². The lowest BCUT2D eigenvalue weighted by atomic mass is 10.1. The molecular weight excluding hydrogens is 350 g/mol. The average molecular weight is 369 g/mol. The summed E-state index contributed by atoms with van der Waals surface area (Å²) in [6.07, 6.45) is -0.479. The van der Waals surface area contributed by atoms with Crippen LogP contribution in [0.2, 0.25) is 5.02 Å². The Hall–Kier alpha value is -1.03. The lowest BCUT2D eigenvalue weighted by Crippen LogP contribution is -2.21. The van der Waals surface area contributed by atoms with E-state index in [2.05, 4.69) is 34.8 Å². The van der Waals surface area contributed by atoms with Gasteiger partial charge in [-0.05, 0) is 49.2 Å². The number of hydrogen-bond acceptors (Lipinski definition) is 2. The van der Waals surface area contributed by atoms with Gasteiger partial charge in [-0.3, -0.25) is 0 Å². The summed E-state index contributed by atoms with van der Waals surface area (Å²) < 4.78 is 0.921. The van der Waals surface area contributed by atoms with Crippen LogP contribution in [-0.2, 0) is 0 Å². The maximum absolute atomic E-state index is 9.69. The molecule has 2 rings (SSSR count). The Morgan fingerprint density at radius 1 is 1.10 bits per heavy atom. The molecular formula is C17H19BrClNO. The molecule has 2 atom stereocenters. The van der Waals surface area contributed by atoms with Crippen molar-refractivity contribution in [2.75, 3.05) is 11.9 Å². The second kappa shape index (κ2) is 6.82. The van der Waals surface area contributed by atoms with Gasteiger partial charge in [-0.15, -0.1) is 0 Å². The van der Waals surface area contributed by atoms with Crippen LogP contribution in [0.25, 0.3) is 0 Å². The van der Waals surface area contributed by atoms with E-state index in [4.69, 9.17) is 11.6 Å². The van der Waals surface area contributed by atoms with Gasteiger partial charge in [0.2, 0.25) is 0 Å². The first-order valence-electron chi connectivity index (χ1n) is 6.86. The first kappa shape index (κ1) is 16.3. The van der Waals surface area contributed by atoms with Crippen molar-refractivity contribution < 1.29 is 5.11 Å². The van der Waals surface area contributed by atoms with Crippen molar-refractivity contribution >= 4 is 33.2 Å². The second-order valence-electron chi connectivity index (χ2n) is 5.22. The van der Waals surface area contributed by atoms with Crippen LogP contribution in [0.1, 0.15) is 37.1 Å². The molecule has 0 aromatic heterocycles. The lowest BCUT2D eigenvalue weighted by molar-refractivity contribution is 0.198. The van der Waals surface area contributed by atoms with Crippen LogP contribution < -0.4 is 4.90 Å². The number of hydrogen-bond donors (Lipinski definition) is 1. The molecule has 0 radical (unpaired) electrons. The molecule has 0 fully saturated rings. The molecule has 0 amide bonds. The summed E-state index contributed by atoms with van der Waals surface area (Å²) in [6, 6.07) is 14.2. The Morgan fingerprint density at radius 3 is 2.24 bits per heavy atom. The van der Waals surface area contributed by atoms with Gasteiger partial charge < -0.3 is 10.0 Å². The number of aliphatic hydroxyl groups excluding tert-OH is 1. The molecule has 0 saturated carbocycles. The van der Waals surface area contributed by atoms with Gasteiger partial charge in [0.25, 0.3) is 0 Å². The van der Waals surface area contributed by atoms with E-state index < -0.39 is 6.10 Å². The molecule has 0 heterocycles. The van der Waals surface area contributed by atoms with Crippen molar-refractivity contribution in [1.29, 1.82) is 0 Å². The molecule has 2 aromatic rings. The normalized spacial score (nSPS) is 13.8. The van der Waals surface area contributed by atoms with Gasteiger partial charge in [0.15, 0.2) is 0 Å². The van der Waals surface area contributed by atoms with Crippen molar-refractivity contribution in [2.45, 2.75) is 26.0 Å². The molecule has 0 aliphatic rings. The molecule has 0 spiro atoms. The number of aliphatic hydroxyl groups is 1. The van der Waals surface area contributed by atoms with Crippen LogP contribution in [0.4, 0.5) is 5.69 Å². The van der Waals surface area contributed by atoms with Gasteiger partial charge in [0, 0.05) is 22.2 Å². The number of benzene rings is 2. The van der Waals surface area contributed by atoms with Crippen LogP contribution in [0, 0.1) is 0 Å². The summed E-state index contributed by atoms with van der Waals surface area (Å²) >= 11 is 9.46. The molecule has 2 nitrogen and oxygen atoms in total.